The third-order valence-corrected chi connectivity index (χ3v) is 3.85. The first kappa shape index (κ1) is 13.0. The summed E-state index contributed by atoms with van der Waals surface area (Å²) in [5.41, 5.74) is 3.22. The first-order valence-corrected chi connectivity index (χ1v) is 6.96. The number of pyridine rings is 1. The molecule has 4 rings (SSSR count). The van der Waals surface area contributed by atoms with Gasteiger partial charge < -0.3 is 4.98 Å². The van der Waals surface area contributed by atoms with Crippen molar-refractivity contribution in [3.8, 4) is 11.1 Å². The highest BCUT2D eigenvalue weighted by Gasteiger charge is 2.08. The van der Waals surface area contributed by atoms with E-state index in [2.05, 4.69) is 15.0 Å². The lowest BCUT2D eigenvalue weighted by Crippen LogP contribution is -1.99. The van der Waals surface area contributed by atoms with Crippen LogP contribution in [0.15, 0.2) is 47.3 Å². The van der Waals surface area contributed by atoms with Crippen molar-refractivity contribution in [3.63, 3.8) is 0 Å². The van der Waals surface area contributed by atoms with E-state index >= 15 is 0 Å². The molecule has 2 heterocycles. The highest BCUT2D eigenvalue weighted by molar-refractivity contribution is 6.33. The van der Waals surface area contributed by atoms with E-state index in [4.69, 9.17) is 11.6 Å². The molecule has 0 saturated carbocycles. The molecule has 4 aromatic rings. The number of aromatic nitrogens is 3. The largest absolute Gasteiger partial charge is 0.325 e. The molecule has 0 aliphatic heterocycles. The van der Waals surface area contributed by atoms with Crippen molar-refractivity contribution in [2.45, 2.75) is 0 Å². The Labute approximate surface area is 128 Å². The predicted molar refractivity (Wildman–Crippen MR) is 84.6 cm³/mol. The van der Waals surface area contributed by atoms with Gasteiger partial charge in [-0.15, -0.1) is 0 Å². The second-order valence-corrected chi connectivity index (χ2v) is 5.40. The molecule has 2 aromatic carbocycles. The van der Waals surface area contributed by atoms with Gasteiger partial charge in [0, 0.05) is 10.9 Å². The van der Waals surface area contributed by atoms with E-state index in [1.807, 2.05) is 24.3 Å². The van der Waals surface area contributed by atoms with Crippen molar-refractivity contribution in [2.24, 2.45) is 0 Å². The number of hydrogen-bond acceptors (Lipinski definition) is 2. The molecule has 0 fully saturated rings. The number of imidazole rings is 1. The Morgan fingerprint density at radius 3 is 2.73 bits per heavy atom. The van der Waals surface area contributed by atoms with E-state index in [0.29, 0.717) is 16.2 Å². The Morgan fingerprint density at radius 1 is 1.05 bits per heavy atom. The number of aromatic amines is 2. The smallest absolute Gasteiger partial charge is 0.304 e. The number of rotatable bonds is 1. The average Bonchev–Trinajstić information content (AvgIpc) is 2.83. The summed E-state index contributed by atoms with van der Waals surface area (Å²) in [5.74, 6) is -0.372. The Kier molecular flexibility index (Phi) is 2.77. The van der Waals surface area contributed by atoms with Crippen LogP contribution < -0.4 is 5.69 Å². The summed E-state index contributed by atoms with van der Waals surface area (Å²) in [6.45, 7) is 0. The number of nitrogens with one attached hydrogen (secondary N) is 2. The van der Waals surface area contributed by atoms with Crippen LogP contribution in [0, 0.1) is 5.82 Å². The van der Waals surface area contributed by atoms with E-state index in [0.717, 1.165) is 22.0 Å². The van der Waals surface area contributed by atoms with Gasteiger partial charge in [-0.1, -0.05) is 17.7 Å². The molecule has 0 unspecified atom stereocenters. The first-order valence-electron chi connectivity index (χ1n) is 6.58. The molecule has 0 aliphatic rings. The lowest BCUT2D eigenvalue weighted by Gasteiger charge is -2.06. The van der Waals surface area contributed by atoms with Crippen molar-refractivity contribution in [3.05, 3.63) is 63.8 Å². The second-order valence-electron chi connectivity index (χ2n) is 5.00. The molecule has 0 spiro atoms. The molecule has 2 N–H and O–H groups in total. The fourth-order valence-corrected chi connectivity index (χ4v) is 2.80. The van der Waals surface area contributed by atoms with Gasteiger partial charge in [0.1, 0.15) is 5.82 Å². The normalized spacial score (nSPS) is 11.4. The summed E-state index contributed by atoms with van der Waals surface area (Å²) in [6.07, 6.45) is 0. The third kappa shape index (κ3) is 2.07. The van der Waals surface area contributed by atoms with Gasteiger partial charge in [0.25, 0.3) is 0 Å². The van der Waals surface area contributed by atoms with Gasteiger partial charge in [-0.25, -0.2) is 14.2 Å². The Balaban J connectivity index is 1.95. The van der Waals surface area contributed by atoms with Crippen LogP contribution in [0.5, 0.6) is 0 Å². The van der Waals surface area contributed by atoms with Gasteiger partial charge in [-0.2, -0.15) is 0 Å². The van der Waals surface area contributed by atoms with Gasteiger partial charge in [-0.3, -0.25) is 4.98 Å². The lowest BCUT2D eigenvalue weighted by atomic mass is 10.0. The van der Waals surface area contributed by atoms with Gasteiger partial charge >= 0.3 is 5.69 Å². The van der Waals surface area contributed by atoms with Crippen molar-refractivity contribution in [2.75, 3.05) is 0 Å². The minimum absolute atomic E-state index is 0.292. The van der Waals surface area contributed by atoms with Crippen LogP contribution in [-0.4, -0.2) is 15.0 Å². The number of nitrogens with zero attached hydrogens (tertiary/aromatic N) is 1. The molecule has 0 atom stereocenters. The zero-order chi connectivity index (χ0) is 15.3. The third-order valence-electron chi connectivity index (χ3n) is 3.54. The summed E-state index contributed by atoms with van der Waals surface area (Å²) in [5, 5.41) is 1.21. The van der Waals surface area contributed by atoms with Gasteiger partial charge in [0.15, 0.2) is 5.65 Å². The van der Waals surface area contributed by atoms with E-state index in [1.54, 1.807) is 6.07 Å². The van der Waals surface area contributed by atoms with Crippen LogP contribution in [0.3, 0.4) is 0 Å². The molecule has 6 heteroatoms. The van der Waals surface area contributed by atoms with Crippen molar-refractivity contribution < 1.29 is 4.39 Å². The molecular weight excluding hydrogens is 305 g/mol. The fourth-order valence-electron chi connectivity index (χ4n) is 2.52. The molecule has 4 nitrogen and oxygen atoms in total. The summed E-state index contributed by atoms with van der Waals surface area (Å²) < 4.78 is 13.2. The maximum Gasteiger partial charge on any atom is 0.325 e. The molecular formula is C16H9ClFN3O. The van der Waals surface area contributed by atoms with E-state index in [1.165, 1.54) is 12.1 Å². The average molecular weight is 314 g/mol. The number of benzene rings is 2. The van der Waals surface area contributed by atoms with Gasteiger partial charge in [0.05, 0.1) is 16.1 Å². The zero-order valence-corrected chi connectivity index (χ0v) is 11.9. The highest BCUT2D eigenvalue weighted by Crippen LogP contribution is 2.30. The number of halogens is 2. The predicted octanol–water partition coefficient (Wildman–Crippen LogP) is 3.86. The lowest BCUT2D eigenvalue weighted by molar-refractivity contribution is 0.628. The van der Waals surface area contributed by atoms with Crippen molar-refractivity contribution >= 4 is 33.7 Å². The van der Waals surface area contributed by atoms with Crippen LogP contribution in [0.1, 0.15) is 0 Å². The molecule has 0 radical (unpaired) electrons. The SMILES string of the molecule is O=c1[nH]c2cc3cc(-c4ccc(F)cc4Cl)ccc3nc2[nH]1. The van der Waals surface area contributed by atoms with Gasteiger partial charge in [-0.05, 0) is 42.0 Å². The summed E-state index contributed by atoms with van der Waals surface area (Å²) in [7, 11) is 0. The van der Waals surface area contributed by atoms with Crippen LogP contribution >= 0.6 is 11.6 Å². The van der Waals surface area contributed by atoms with Crippen LogP contribution in [0.2, 0.25) is 5.02 Å². The molecule has 0 saturated heterocycles. The summed E-state index contributed by atoms with van der Waals surface area (Å²) in [6, 6.07) is 11.8. The first-order chi connectivity index (χ1) is 10.6. The van der Waals surface area contributed by atoms with E-state index in [9.17, 15) is 9.18 Å². The van der Waals surface area contributed by atoms with Crippen molar-refractivity contribution in [1.82, 2.24) is 15.0 Å². The Morgan fingerprint density at radius 2 is 1.91 bits per heavy atom. The second kappa shape index (κ2) is 4.68. The summed E-state index contributed by atoms with van der Waals surface area (Å²) in [4.78, 5) is 21.0. The standard InChI is InChI=1S/C16H9ClFN3O/c17-12-7-10(18)2-3-11(12)8-1-4-13-9(5-8)6-14-15(19-13)21-16(22)20-14/h1-7H,(H2,19,20,21,22). The topological polar surface area (TPSA) is 61.5 Å². The molecule has 108 valence electrons. The number of hydrogen-bond donors (Lipinski definition) is 2. The molecule has 0 aliphatic carbocycles. The molecule has 0 amide bonds. The fraction of sp³-hybridized carbons (Fsp3) is 0. The Hall–Kier alpha value is -2.66. The number of fused-ring (bicyclic) bond motifs is 2. The Bertz CT molecular complexity index is 1080. The summed E-state index contributed by atoms with van der Waals surface area (Å²) >= 11 is 6.11. The van der Waals surface area contributed by atoms with Crippen LogP contribution in [-0.2, 0) is 0 Å². The van der Waals surface area contributed by atoms with Crippen molar-refractivity contribution in [1.29, 1.82) is 0 Å². The molecule has 2 aromatic heterocycles. The van der Waals surface area contributed by atoms with E-state index < -0.39 is 0 Å². The van der Waals surface area contributed by atoms with Crippen LogP contribution in [0.25, 0.3) is 33.2 Å². The highest BCUT2D eigenvalue weighted by atomic mass is 35.5. The zero-order valence-electron chi connectivity index (χ0n) is 11.2. The minimum Gasteiger partial charge on any atom is -0.304 e. The van der Waals surface area contributed by atoms with Gasteiger partial charge in [0.2, 0.25) is 0 Å². The molecule has 0 bridgehead atoms. The monoisotopic (exact) mass is 313 g/mol. The maximum atomic E-state index is 13.2. The quantitative estimate of drug-likeness (QED) is 0.560. The molecule has 22 heavy (non-hydrogen) atoms. The minimum atomic E-state index is -0.372. The van der Waals surface area contributed by atoms with E-state index in [-0.39, 0.29) is 11.5 Å². The van der Waals surface area contributed by atoms with Crippen LogP contribution in [0.4, 0.5) is 4.39 Å². The maximum absolute atomic E-state index is 13.2. The number of H-pyrrole nitrogens is 2.